The molecule has 1 fully saturated rings. The predicted octanol–water partition coefficient (Wildman–Crippen LogP) is 5.66. The van der Waals surface area contributed by atoms with Gasteiger partial charge in [-0.05, 0) is 48.0 Å². The van der Waals surface area contributed by atoms with Gasteiger partial charge < -0.3 is 24.4 Å². The van der Waals surface area contributed by atoms with Crippen LogP contribution in [0.5, 0.6) is 5.75 Å². The third-order valence-corrected chi connectivity index (χ3v) is 6.49. The molecule has 0 aromatic heterocycles. The van der Waals surface area contributed by atoms with Crippen LogP contribution in [0.25, 0.3) is 0 Å². The highest BCUT2D eigenvalue weighted by atomic mass is 35.5. The fourth-order valence-electron chi connectivity index (χ4n) is 4.04. The average Bonchev–Trinajstić information content (AvgIpc) is 2.87. The van der Waals surface area contributed by atoms with Crippen molar-refractivity contribution in [2.75, 3.05) is 36.1 Å². The Hall–Kier alpha value is -3.26. The molecule has 1 aliphatic heterocycles. The third kappa shape index (κ3) is 6.29. The largest absolute Gasteiger partial charge is 0.489 e. The number of nitrogens with zero attached hydrogens (tertiary/aromatic N) is 2. The van der Waals surface area contributed by atoms with Crippen LogP contribution in [0.3, 0.4) is 0 Å². The van der Waals surface area contributed by atoms with Crippen molar-refractivity contribution in [3.63, 3.8) is 0 Å². The molecule has 0 radical (unpaired) electrons. The molecule has 0 spiro atoms. The predicted molar refractivity (Wildman–Crippen MR) is 141 cm³/mol. The molecule has 0 bridgehead atoms. The molecule has 3 aromatic carbocycles. The van der Waals surface area contributed by atoms with Gasteiger partial charge in [-0.2, -0.15) is 0 Å². The molecule has 7 nitrogen and oxygen atoms in total. The number of carboxylic acids is 1. The molecule has 1 N–H and O–H groups in total. The number of ether oxygens (including phenoxy) is 2. The number of rotatable bonds is 8. The van der Waals surface area contributed by atoms with Gasteiger partial charge in [-0.25, -0.2) is 4.79 Å². The standard InChI is InChI=1S/C27H26Cl2N2O5/c1-18(32)31(22-7-8-26(24(15-22)27(33)34)30-9-11-35-12-10-30)16-19-3-2-4-23(13-19)36-17-20-5-6-21(28)14-25(20)29/h2-8,13-15H,9-12,16-17H2,1H3,(H,33,34). The highest BCUT2D eigenvalue weighted by Crippen LogP contribution is 2.29. The summed E-state index contributed by atoms with van der Waals surface area (Å²) in [5, 5.41) is 10.9. The molecule has 1 aliphatic rings. The Labute approximate surface area is 219 Å². The third-order valence-electron chi connectivity index (χ3n) is 5.90. The van der Waals surface area contributed by atoms with Crippen LogP contribution < -0.4 is 14.5 Å². The topological polar surface area (TPSA) is 79.3 Å². The van der Waals surface area contributed by atoms with E-state index in [0.29, 0.717) is 53.5 Å². The molecule has 0 unspecified atom stereocenters. The zero-order valence-corrected chi connectivity index (χ0v) is 21.3. The van der Waals surface area contributed by atoms with Gasteiger partial charge >= 0.3 is 5.97 Å². The monoisotopic (exact) mass is 528 g/mol. The van der Waals surface area contributed by atoms with Crippen LogP contribution in [-0.2, 0) is 22.7 Å². The van der Waals surface area contributed by atoms with Crippen molar-refractivity contribution in [1.29, 1.82) is 0 Å². The Morgan fingerprint density at radius 3 is 2.53 bits per heavy atom. The first-order valence-corrected chi connectivity index (χ1v) is 12.2. The van der Waals surface area contributed by atoms with Crippen LogP contribution in [0.2, 0.25) is 10.0 Å². The van der Waals surface area contributed by atoms with Gasteiger partial charge in [0.1, 0.15) is 12.4 Å². The number of hydrogen-bond donors (Lipinski definition) is 1. The van der Waals surface area contributed by atoms with Crippen molar-refractivity contribution in [3.05, 3.63) is 87.4 Å². The quantitative estimate of drug-likeness (QED) is 0.406. The van der Waals surface area contributed by atoms with Gasteiger partial charge in [-0.3, -0.25) is 4.79 Å². The molecule has 1 amide bonds. The minimum Gasteiger partial charge on any atom is -0.489 e. The smallest absolute Gasteiger partial charge is 0.337 e. The SMILES string of the molecule is CC(=O)N(Cc1cccc(OCc2ccc(Cl)cc2Cl)c1)c1ccc(N2CCOCC2)c(C(=O)O)c1. The maximum atomic E-state index is 12.6. The van der Waals surface area contributed by atoms with Crippen molar-refractivity contribution in [2.24, 2.45) is 0 Å². The number of halogens is 2. The minimum absolute atomic E-state index is 0.151. The first kappa shape index (κ1) is 25.8. The summed E-state index contributed by atoms with van der Waals surface area (Å²) in [7, 11) is 0. The first-order valence-electron chi connectivity index (χ1n) is 11.5. The van der Waals surface area contributed by atoms with E-state index in [1.54, 1.807) is 35.2 Å². The second-order valence-corrected chi connectivity index (χ2v) is 9.23. The Bertz CT molecular complexity index is 1260. The number of anilines is 2. The van der Waals surface area contributed by atoms with Crippen LogP contribution in [0.1, 0.15) is 28.4 Å². The Morgan fingerprint density at radius 1 is 1.06 bits per heavy atom. The van der Waals surface area contributed by atoms with Crippen molar-refractivity contribution in [2.45, 2.75) is 20.1 Å². The molecule has 4 rings (SSSR count). The molecule has 3 aromatic rings. The molecular weight excluding hydrogens is 503 g/mol. The highest BCUT2D eigenvalue weighted by Gasteiger charge is 2.21. The highest BCUT2D eigenvalue weighted by molar-refractivity contribution is 6.35. The van der Waals surface area contributed by atoms with Gasteiger partial charge in [0.15, 0.2) is 0 Å². The number of carboxylic acid groups (broad SMARTS) is 1. The molecule has 0 atom stereocenters. The van der Waals surface area contributed by atoms with E-state index >= 15 is 0 Å². The summed E-state index contributed by atoms with van der Waals surface area (Å²) in [6.07, 6.45) is 0. The second-order valence-electron chi connectivity index (χ2n) is 8.38. The summed E-state index contributed by atoms with van der Waals surface area (Å²) in [6, 6.07) is 17.7. The molecule has 1 heterocycles. The van der Waals surface area contributed by atoms with Gasteiger partial charge in [0, 0.05) is 41.3 Å². The van der Waals surface area contributed by atoms with Crippen molar-refractivity contribution < 1.29 is 24.2 Å². The second kappa shape index (κ2) is 11.6. The van der Waals surface area contributed by atoms with Gasteiger partial charge in [-0.1, -0.05) is 41.4 Å². The summed E-state index contributed by atoms with van der Waals surface area (Å²) in [5.41, 5.74) is 2.92. The normalized spacial score (nSPS) is 13.4. The lowest BCUT2D eigenvalue weighted by Crippen LogP contribution is -2.37. The Kier molecular flexibility index (Phi) is 8.36. The molecule has 36 heavy (non-hydrogen) atoms. The van der Waals surface area contributed by atoms with Gasteiger partial charge in [0.25, 0.3) is 0 Å². The van der Waals surface area contributed by atoms with E-state index in [4.69, 9.17) is 32.7 Å². The first-order chi connectivity index (χ1) is 17.3. The van der Waals surface area contributed by atoms with Gasteiger partial charge in [0.2, 0.25) is 5.91 Å². The number of aromatic carboxylic acids is 1. The number of hydrogen-bond acceptors (Lipinski definition) is 5. The summed E-state index contributed by atoms with van der Waals surface area (Å²) >= 11 is 12.2. The summed E-state index contributed by atoms with van der Waals surface area (Å²) in [6.45, 7) is 4.30. The molecule has 188 valence electrons. The van der Waals surface area contributed by atoms with E-state index in [-0.39, 0.29) is 24.6 Å². The Morgan fingerprint density at radius 2 is 1.83 bits per heavy atom. The molecule has 0 saturated carbocycles. The molecule has 1 saturated heterocycles. The van der Waals surface area contributed by atoms with Crippen LogP contribution in [0, 0.1) is 0 Å². The van der Waals surface area contributed by atoms with E-state index in [1.165, 1.54) is 6.92 Å². The zero-order chi connectivity index (χ0) is 25.7. The number of amides is 1. The van der Waals surface area contributed by atoms with Crippen LogP contribution >= 0.6 is 23.2 Å². The zero-order valence-electron chi connectivity index (χ0n) is 19.7. The summed E-state index contributed by atoms with van der Waals surface area (Å²) in [5.74, 6) is -0.626. The van der Waals surface area contributed by atoms with E-state index in [0.717, 1.165) is 11.1 Å². The van der Waals surface area contributed by atoms with Crippen molar-refractivity contribution in [3.8, 4) is 5.75 Å². The lowest BCUT2D eigenvalue weighted by Gasteiger charge is -2.31. The Balaban J connectivity index is 1.53. The molecule has 0 aliphatic carbocycles. The van der Waals surface area contributed by atoms with Gasteiger partial charge in [-0.15, -0.1) is 0 Å². The van der Waals surface area contributed by atoms with E-state index < -0.39 is 5.97 Å². The fraction of sp³-hybridized carbons (Fsp3) is 0.259. The number of carbonyl (C=O) groups excluding carboxylic acids is 1. The molecule has 9 heteroatoms. The van der Waals surface area contributed by atoms with Crippen LogP contribution in [-0.4, -0.2) is 43.3 Å². The van der Waals surface area contributed by atoms with Gasteiger partial charge in [0.05, 0.1) is 31.0 Å². The summed E-state index contributed by atoms with van der Waals surface area (Å²) < 4.78 is 11.3. The van der Waals surface area contributed by atoms with E-state index in [1.807, 2.05) is 35.2 Å². The average molecular weight is 529 g/mol. The molecular formula is C27H26Cl2N2O5. The fourth-order valence-corrected chi connectivity index (χ4v) is 4.51. The maximum Gasteiger partial charge on any atom is 0.337 e. The number of morpholine rings is 1. The van der Waals surface area contributed by atoms with Crippen LogP contribution in [0.15, 0.2) is 60.7 Å². The lowest BCUT2D eigenvalue weighted by atomic mass is 10.1. The number of benzene rings is 3. The van der Waals surface area contributed by atoms with Crippen molar-refractivity contribution >= 4 is 46.5 Å². The number of carbonyl (C=O) groups is 2. The van der Waals surface area contributed by atoms with E-state index in [2.05, 4.69) is 0 Å². The van der Waals surface area contributed by atoms with Crippen LogP contribution in [0.4, 0.5) is 11.4 Å². The van der Waals surface area contributed by atoms with E-state index in [9.17, 15) is 14.7 Å². The lowest BCUT2D eigenvalue weighted by molar-refractivity contribution is -0.116. The maximum absolute atomic E-state index is 12.6. The minimum atomic E-state index is -1.04. The van der Waals surface area contributed by atoms with Crippen molar-refractivity contribution in [1.82, 2.24) is 0 Å². The summed E-state index contributed by atoms with van der Waals surface area (Å²) in [4.78, 5) is 28.2.